The van der Waals surface area contributed by atoms with Gasteiger partial charge in [-0.2, -0.15) is 0 Å². The van der Waals surface area contributed by atoms with E-state index in [9.17, 15) is 14.4 Å². The molecule has 2 aromatic carbocycles. The third-order valence-corrected chi connectivity index (χ3v) is 6.85. The first-order chi connectivity index (χ1) is 18.0. The van der Waals surface area contributed by atoms with Crippen LogP contribution in [0.4, 0.5) is 5.69 Å². The van der Waals surface area contributed by atoms with Gasteiger partial charge in [0.2, 0.25) is 0 Å². The molecular formula is C29H33N3O5. The van der Waals surface area contributed by atoms with Gasteiger partial charge >= 0.3 is 11.9 Å². The van der Waals surface area contributed by atoms with Crippen LogP contribution in [-0.4, -0.2) is 41.6 Å². The first kappa shape index (κ1) is 26.1. The quantitative estimate of drug-likeness (QED) is 0.332. The van der Waals surface area contributed by atoms with E-state index in [1.165, 1.54) is 58.1 Å². The monoisotopic (exact) mass is 503 g/mol. The molecule has 8 heteroatoms. The van der Waals surface area contributed by atoms with Crippen LogP contribution in [0.3, 0.4) is 0 Å². The number of methoxy groups -OCH3 is 2. The summed E-state index contributed by atoms with van der Waals surface area (Å²) in [6.07, 6.45) is 9.84. The van der Waals surface area contributed by atoms with E-state index in [2.05, 4.69) is 5.32 Å². The summed E-state index contributed by atoms with van der Waals surface area (Å²) in [6, 6.07) is 14.5. The number of rotatable bonds is 8. The number of hydrogen-bond acceptors (Lipinski definition) is 6. The maximum absolute atomic E-state index is 13.4. The van der Waals surface area contributed by atoms with Gasteiger partial charge < -0.3 is 19.4 Å². The average molecular weight is 504 g/mol. The molecule has 0 spiro atoms. The zero-order valence-electron chi connectivity index (χ0n) is 21.4. The van der Waals surface area contributed by atoms with Crippen molar-refractivity contribution in [1.29, 1.82) is 0 Å². The van der Waals surface area contributed by atoms with Crippen molar-refractivity contribution in [3.8, 4) is 0 Å². The molecule has 0 atom stereocenters. The molecule has 1 heterocycles. The summed E-state index contributed by atoms with van der Waals surface area (Å²) < 4.78 is 11.7. The second kappa shape index (κ2) is 12.3. The van der Waals surface area contributed by atoms with Gasteiger partial charge in [-0.1, -0.05) is 74.9 Å². The molecule has 1 aliphatic carbocycles. The first-order valence-electron chi connectivity index (χ1n) is 12.7. The van der Waals surface area contributed by atoms with Crippen molar-refractivity contribution >= 4 is 23.5 Å². The molecule has 1 amide bonds. The number of carbonyl (C=O) groups is 3. The molecule has 8 nitrogen and oxygen atoms in total. The number of aromatic nitrogens is 2. The zero-order valence-corrected chi connectivity index (χ0v) is 21.4. The van der Waals surface area contributed by atoms with Gasteiger partial charge in [-0.15, -0.1) is 0 Å². The van der Waals surface area contributed by atoms with Crippen molar-refractivity contribution in [3.63, 3.8) is 0 Å². The number of nitrogens with zero attached hydrogens (tertiary/aromatic N) is 2. The lowest BCUT2D eigenvalue weighted by Crippen LogP contribution is -2.19. The molecule has 0 bridgehead atoms. The van der Waals surface area contributed by atoms with Crippen molar-refractivity contribution in [2.24, 2.45) is 5.92 Å². The molecule has 0 radical (unpaired) electrons. The maximum atomic E-state index is 13.4. The van der Waals surface area contributed by atoms with Crippen molar-refractivity contribution in [2.45, 2.75) is 51.5 Å². The van der Waals surface area contributed by atoms with Crippen molar-refractivity contribution in [1.82, 2.24) is 9.55 Å². The average Bonchev–Trinajstić information content (AvgIpc) is 3.13. The largest absolute Gasteiger partial charge is 0.465 e. The van der Waals surface area contributed by atoms with Crippen molar-refractivity contribution < 1.29 is 23.9 Å². The molecule has 1 aliphatic rings. The number of benzene rings is 2. The fraction of sp³-hybridized carbons (Fsp3) is 0.379. The summed E-state index contributed by atoms with van der Waals surface area (Å²) in [7, 11) is 2.48. The lowest BCUT2D eigenvalue weighted by molar-refractivity contribution is 0.0601. The predicted octanol–water partition coefficient (Wildman–Crippen LogP) is 5.27. The topological polar surface area (TPSA) is 99.5 Å². The van der Waals surface area contributed by atoms with Gasteiger partial charge in [0.25, 0.3) is 5.91 Å². The Morgan fingerprint density at radius 3 is 2.11 bits per heavy atom. The molecule has 1 N–H and O–H groups in total. The van der Waals surface area contributed by atoms with Gasteiger partial charge in [0.1, 0.15) is 11.5 Å². The molecule has 0 unspecified atom stereocenters. The first-order valence-corrected chi connectivity index (χ1v) is 12.7. The van der Waals surface area contributed by atoms with E-state index in [-0.39, 0.29) is 22.5 Å². The Morgan fingerprint density at radius 1 is 0.892 bits per heavy atom. The highest BCUT2D eigenvalue weighted by molar-refractivity contribution is 6.12. The Kier molecular flexibility index (Phi) is 8.72. The van der Waals surface area contributed by atoms with Crippen LogP contribution in [0.25, 0.3) is 0 Å². The van der Waals surface area contributed by atoms with Crippen molar-refractivity contribution in [3.05, 3.63) is 82.9 Å². The molecular weight excluding hydrogens is 470 g/mol. The number of imidazole rings is 1. The van der Waals surface area contributed by atoms with Crippen molar-refractivity contribution in [2.75, 3.05) is 19.5 Å². The second-order valence-corrected chi connectivity index (χ2v) is 9.38. The molecule has 1 aromatic heterocycles. The number of amides is 1. The van der Waals surface area contributed by atoms with Gasteiger partial charge in [-0.25, -0.2) is 14.6 Å². The molecule has 194 valence electrons. The normalized spacial score (nSPS) is 14.0. The van der Waals surface area contributed by atoms with Gasteiger partial charge in [0.05, 0.1) is 31.0 Å². The highest BCUT2D eigenvalue weighted by atomic mass is 16.5. The van der Waals surface area contributed by atoms with Crippen LogP contribution in [0.5, 0.6) is 0 Å². The summed E-state index contributed by atoms with van der Waals surface area (Å²) in [5.74, 6) is -0.485. The highest BCUT2D eigenvalue weighted by Crippen LogP contribution is 2.27. The van der Waals surface area contributed by atoms with E-state index in [4.69, 9.17) is 14.5 Å². The van der Waals surface area contributed by atoms with E-state index >= 15 is 0 Å². The highest BCUT2D eigenvalue weighted by Gasteiger charge is 2.24. The summed E-state index contributed by atoms with van der Waals surface area (Å²) in [5.41, 5.74) is 1.48. The number of carbonyl (C=O) groups excluding carboxylic acids is 3. The molecule has 1 saturated carbocycles. The van der Waals surface area contributed by atoms with Crippen LogP contribution in [0.1, 0.15) is 81.1 Å². The minimum Gasteiger partial charge on any atom is -0.465 e. The summed E-state index contributed by atoms with van der Waals surface area (Å²) >= 11 is 0. The van der Waals surface area contributed by atoms with E-state index in [0.717, 1.165) is 30.7 Å². The maximum Gasteiger partial charge on any atom is 0.340 e. The lowest BCUT2D eigenvalue weighted by atomic mass is 9.96. The SMILES string of the molecule is COC(=O)c1cccc(C(=O)OC)c1NC(=O)c1cn(Cc2ccccc2)c(CC2CCCCCC2)n1. The van der Waals surface area contributed by atoms with Crippen LogP contribution in [0, 0.1) is 5.92 Å². The van der Waals surface area contributed by atoms with Gasteiger partial charge in [-0.3, -0.25) is 4.79 Å². The smallest absolute Gasteiger partial charge is 0.340 e. The predicted molar refractivity (Wildman–Crippen MR) is 140 cm³/mol. The van der Waals surface area contributed by atoms with Gasteiger partial charge in [0, 0.05) is 19.2 Å². The number of esters is 2. The van der Waals surface area contributed by atoms with Crippen LogP contribution < -0.4 is 5.32 Å². The van der Waals surface area contributed by atoms with Gasteiger partial charge in [0.15, 0.2) is 0 Å². The third-order valence-electron chi connectivity index (χ3n) is 6.85. The Morgan fingerprint density at radius 2 is 1.51 bits per heavy atom. The standard InChI is InChI=1S/C29H33N3O5/c1-36-28(34)22-15-10-16-23(29(35)37-2)26(22)31-27(33)24-19-32(18-21-13-8-5-9-14-21)25(30-24)17-20-11-6-3-4-7-12-20/h5,8-10,13-16,19-20H,3-4,6-7,11-12,17-18H2,1-2H3,(H,31,33). The fourth-order valence-electron chi connectivity index (χ4n) is 4.89. The minimum absolute atomic E-state index is 0.0362. The summed E-state index contributed by atoms with van der Waals surface area (Å²) in [4.78, 5) is 42.9. The van der Waals surface area contributed by atoms with E-state index < -0.39 is 17.8 Å². The van der Waals surface area contributed by atoms with Crippen LogP contribution in [0.2, 0.25) is 0 Å². The Bertz CT molecular complexity index is 1210. The lowest BCUT2D eigenvalue weighted by Gasteiger charge is -2.15. The zero-order chi connectivity index (χ0) is 26.2. The Labute approximate surface area is 217 Å². The molecule has 37 heavy (non-hydrogen) atoms. The van der Waals surface area contributed by atoms with E-state index in [0.29, 0.717) is 12.5 Å². The molecule has 3 aromatic rings. The number of hydrogen-bond donors (Lipinski definition) is 1. The molecule has 0 aliphatic heterocycles. The van der Waals surface area contributed by atoms with Gasteiger partial charge in [-0.05, 0) is 23.6 Å². The summed E-state index contributed by atoms with van der Waals surface area (Å²) in [6.45, 7) is 0.593. The van der Waals surface area contributed by atoms with Crippen LogP contribution >= 0.6 is 0 Å². The molecule has 1 fully saturated rings. The number of para-hydroxylation sites is 1. The fourth-order valence-corrected chi connectivity index (χ4v) is 4.89. The number of ether oxygens (including phenoxy) is 2. The van der Waals surface area contributed by atoms with E-state index in [1.807, 2.05) is 34.9 Å². The minimum atomic E-state index is -0.676. The van der Waals surface area contributed by atoms with E-state index in [1.54, 1.807) is 6.20 Å². The van der Waals surface area contributed by atoms with Crippen LogP contribution in [0.15, 0.2) is 54.7 Å². The third kappa shape index (κ3) is 6.44. The Hall–Kier alpha value is -3.94. The molecule has 4 rings (SSSR count). The Balaban J connectivity index is 1.66. The summed E-state index contributed by atoms with van der Waals surface area (Å²) in [5, 5.41) is 2.73. The molecule has 0 saturated heterocycles. The van der Waals surface area contributed by atoms with Crippen LogP contribution in [-0.2, 0) is 22.4 Å². The number of nitrogens with one attached hydrogen (secondary N) is 1. The number of anilines is 1. The second-order valence-electron chi connectivity index (χ2n) is 9.38.